The Morgan fingerprint density at radius 1 is 1.44 bits per heavy atom. The van der Waals surface area contributed by atoms with Crippen LogP contribution in [-0.4, -0.2) is 25.6 Å². The zero-order chi connectivity index (χ0) is 13.5. The van der Waals surface area contributed by atoms with Gasteiger partial charge in [0.1, 0.15) is 5.75 Å². The zero-order valence-electron chi connectivity index (χ0n) is 11.3. The number of rotatable bonds is 6. The molecule has 1 rings (SSSR count). The van der Waals surface area contributed by atoms with Gasteiger partial charge in [0.15, 0.2) is 0 Å². The van der Waals surface area contributed by atoms with E-state index in [0.717, 1.165) is 17.7 Å². The maximum atomic E-state index is 11.9. The molecule has 1 aromatic rings. The van der Waals surface area contributed by atoms with Gasteiger partial charge in [0, 0.05) is 12.6 Å². The number of hydrogen-bond donors (Lipinski definition) is 2. The lowest BCUT2D eigenvalue weighted by Gasteiger charge is -2.14. The number of ether oxygens (including phenoxy) is 1. The van der Waals surface area contributed by atoms with Crippen LogP contribution in [0, 0.1) is 0 Å². The molecule has 0 aliphatic rings. The highest BCUT2D eigenvalue weighted by Gasteiger charge is 2.15. The summed E-state index contributed by atoms with van der Waals surface area (Å²) in [5, 5.41) is 2.89. The van der Waals surface area contributed by atoms with Crippen molar-refractivity contribution in [3.8, 4) is 5.75 Å². The standard InChI is InChI=1S/C14H22N2O2/c1-10(15)7-8-16-14(17)11(2)12-5-4-6-13(9-12)18-3/h4-6,9-11H,7-8,15H2,1-3H3,(H,16,17). The normalized spacial score (nSPS) is 13.8. The number of amides is 1. The lowest BCUT2D eigenvalue weighted by atomic mass is 10.00. The number of nitrogens with two attached hydrogens (primary N) is 1. The molecule has 0 fully saturated rings. The number of carbonyl (C=O) groups is 1. The van der Waals surface area contributed by atoms with Crippen molar-refractivity contribution in [3.63, 3.8) is 0 Å². The molecule has 18 heavy (non-hydrogen) atoms. The predicted molar refractivity (Wildman–Crippen MR) is 72.7 cm³/mol. The van der Waals surface area contributed by atoms with Gasteiger partial charge in [-0.2, -0.15) is 0 Å². The van der Waals surface area contributed by atoms with E-state index in [9.17, 15) is 4.79 Å². The fraction of sp³-hybridized carbons (Fsp3) is 0.500. The highest BCUT2D eigenvalue weighted by atomic mass is 16.5. The first kappa shape index (κ1) is 14.5. The summed E-state index contributed by atoms with van der Waals surface area (Å²) in [7, 11) is 1.62. The van der Waals surface area contributed by atoms with Crippen molar-refractivity contribution in [1.29, 1.82) is 0 Å². The van der Waals surface area contributed by atoms with Crippen LogP contribution >= 0.6 is 0 Å². The Kier molecular flexibility index (Phi) is 5.65. The molecule has 0 aliphatic heterocycles. The number of carbonyl (C=O) groups excluding carboxylic acids is 1. The predicted octanol–water partition coefficient (Wildman–Crippen LogP) is 1.65. The quantitative estimate of drug-likeness (QED) is 0.807. The van der Waals surface area contributed by atoms with Gasteiger partial charge in [-0.05, 0) is 38.0 Å². The number of nitrogens with one attached hydrogen (secondary N) is 1. The Morgan fingerprint density at radius 3 is 2.78 bits per heavy atom. The van der Waals surface area contributed by atoms with Crippen LogP contribution in [0.2, 0.25) is 0 Å². The molecule has 0 aliphatic carbocycles. The van der Waals surface area contributed by atoms with Crippen LogP contribution in [0.3, 0.4) is 0 Å². The Morgan fingerprint density at radius 2 is 2.17 bits per heavy atom. The minimum atomic E-state index is -0.187. The maximum absolute atomic E-state index is 11.9. The monoisotopic (exact) mass is 250 g/mol. The highest BCUT2D eigenvalue weighted by Crippen LogP contribution is 2.20. The van der Waals surface area contributed by atoms with E-state index >= 15 is 0 Å². The summed E-state index contributed by atoms with van der Waals surface area (Å²) >= 11 is 0. The third kappa shape index (κ3) is 4.37. The van der Waals surface area contributed by atoms with Crippen molar-refractivity contribution in [2.24, 2.45) is 5.73 Å². The average Bonchev–Trinajstić information content (AvgIpc) is 2.37. The van der Waals surface area contributed by atoms with E-state index in [1.165, 1.54) is 0 Å². The second kappa shape index (κ2) is 7.01. The van der Waals surface area contributed by atoms with Crippen molar-refractivity contribution in [3.05, 3.63) is 29.8 Å². The minimum Gasteiger partial charge on any atom is -0.497 e. The first-order valence-corrected chi connectivity index (χ1v) is 6.22. The summed E-state index contributed by atoms with van der Waals surface area (Å²) in [6, 6.07) is 7.68. The van der Waals surface area contributed by atoms with Crippen LogP contribution in [0.4, 0.5) is 0 Å². The topological polar surface area (TPSA) is 64.3 Å². The molecule has 0 heterocycles. The zero-order valence-corrected chi connectivity index (χ0v) is 11.3. The largest absolute Gasteiger partial charge is 0.497 e. The fourth-order valence-electron chi connectivity index (χ4n) is 1.64. The van der Waals surface area contributed by atoms with Gasteiger partial charge in [0.05, 0.1) is 13.0 Å². The Hall–Kier alpha value is -1.55. The SMILES string of the molecule is COc1cccc(C(C)C(=O)NCCC(C)N)c1. The summed E-state index contributed by atoms with van der Waals surface area (Å²) < 4.78 is 5.15. The third-order valence-corrected chi connectivity index (χ3v) is 2.89. The van der Waals surface area contributed by atoms with Crippen LogP contribution in [0.15, 0.2) is 24.3 Å². The van der Waals surface area contributed by atoms with Crippen LogP contribution in [0.25, 0.3) is 0 Å². The first-order chi connectivity index (χ1) is 8.54. The van der Waals surface area contributed by atoms with Gasteiger partial charge in [-0.3, -0.25) is 4.79 Å². The Bertz CT molecular complexity index is 391. The van der Waals surface area contributed by atoms with E-state index in [-0.39, 0.29) is 17.9 Å². The lowest BCUT2D eigenvalue weighted by Crippen LogP contribution is -2.31. The van der Waals surface area contributed by atoms with Crippen molar-refractivity contribution >= 4 is 5.91 Å². The Labute approximate surface area is 109 Å². The van der Waals surface area contributed by atoms with Crippen molar-refractivity contribution in [1.82, 2.24) is 5.32 Å². The summed E-state index contributed by atoms with van der Waals surface area (Å²) in [5.41, 5.74) is 6.59. The van der Waals surface area contributed by atoms with Crippen molar-refractivity contribution in [2.75, 3.05) is 13.7 Å². The molecule has 0 radical (unpaired) electrons. The van der Waals surface area contributed by atoms with E-state index in [1.54, 1.807) is 7.11 Å². The molecule has 0 bridgehead atoms. The van der Waals surface area contributed by atoms with Crippen LogP contribution in [0.5, 0.6) is 5.75 Å². The second-order valence-corrected chi connectivity index (χ2v) is 4.56. The molecular weight excluding hydrogens is 228 g/mol. The molecular formula is C14H22N2O2. The molecule has 1 amide bonds. The molecule has 4 heteroatoms. The molecule has 0 saturated heterocycles. The van der Waals surface area contributed by atoms with Gasteiger partial charge >= 0.3 is 0 Å². The smallest absolute Gasteiger partial charge is 0.227 e. The molecule has 2 unspecified atom stereocenters. The van der Waals surface area contributed by atoms with E-state index in [1.807, 2.05) is 38.1 Å². The summed E-state index contributed by atoms with van der Waals surface area (Å²) in [4.78, 5) is 11.9. The minimum absolute atomic E-state index is 0.0175. The highest BCUT2D eigenvalue weighted by molar-refractivity contribution is 5.83. The van der Waals surface area contributed by atoms with Crippen molar-refractivity contribution < 1.29 is 9.53 Å². The van der Waals surface area contributed by atoms with Gasteiger partial charge in [0.2, 0.25) is 5.91 Å². The first-order valence-electron chi connectivity index (χ1n) is 6.22. The summed E-state index contributed by atoms with van der Waals surface area (Å²) in [5.74, 6) is 0.597. The molecule has 3 N–H and O–H groups in total. The molecule has 1 aromatic carbocycles. The summed E-state index contributed by atoms with van der Waals surface area (Å²) in [6.45, 7) is 4.43. The van der Waals surface area contributed by atoms with Crippen molar-refractivity contribution in [2.45, 2.75) is 32.2 Å². The Balaban J connectivity index is 2.56. The number of benzene rings is 1. The molecule has 2 atom stereocenters. The molecule has 4 nitrogen and oxygen atoms in total. The van der Waals surface area contributed by atoms with Gasteiger partial charge < -0.3 is 15.8 Å². The van der Waals surface area contributed by atoms with Crippen LogP contribution in [-0.2, 0) is 4.79 Å². The lowest BCUT2D eigenvalue weighted by molar-refractivity contribution is -0.122. The maximum Gasteiger partial charge on any atom is 0.227 e. The second-order valence-electron chi connectivity index (χ2n) is 4.56. The van der Waals surface area contributed by atoms with Gasteiger partial charge in [-0.15, -0.1) is 0 Å². The van der Waals surface area contributed by atoms with E-state index < -0.39 is 0 Å². The number of methoxy groups -OCH3 is 1. The van der Waals surface area contributed by atoms with E-state index in [2.05, 4.69) is 5.32 Å². The van der Waals surface area contributed by atoms with E-state index in [4.69, 9.17) is 10.5 Å². The average molecular weight is 250 g/mol. The van der Waals surface area contributed by atoms with Crippen LogP contribution < -0.4 is 15.8 Å². The number of hydrogen-bond acceptors (Lipinski definition) is 3. The summed E-state index contributed by atoms with van der Waals surface area (Å²) in [6.07, 6.45) is 0.788. The van der Waals surface area contributed by atoms with Crippen LogP contribution in [0.1, 0.15) is 31.7 Å². The fourth-order valence-corrected chi connectivity index (χ4v) is 1.64. The molecule has 0 saturated carbocycles. The molecule has 0 spiro atoms. The third-order valence-electron chi connectivity index (χ3n) is 2.89. The molecule has 100 valence electrons. The van der Waals surface area contributed by atoms with E-state index in [0.29, 0.717) is 6.54 Å². The van der Waals surface area contributed by atoms with Gasteiger partial charge in [0.25, 0.3) is 0 Å². The van der Waals surface area contributed by atoms with Gasteiger partial charge in [-0.1, -0.05) is 12.1 Å². The molecule has 0 aromatic heterocycles. The van der Waals surface area contributed by atoms with Gasteiger partial charge in [-0.25, -0.2) is 0 Å².